The van der Waals surface area contributed by atoms with E-state index in [9.17, 15) is 4.79 Å². The first-order valence-corrected chi connectivity index (χ1v) is 8.54. The number of methoxy groups -OCH3 is 1. The molecule has 1 aromatic carbocycles. The molecular formula is C16H20N4O3S. The summed E-state index contributed by atoms with van der Waals surface area (Å²) < 4.78 is 10.6. The minimum atomic E-state index is -0.0387. The van der Waals surface area contributed by atoms with Crippen LogP contribution in [-0.4, -0.2) is 50.8 Å². The Morgan fingerprint density at radius 2 is 2.42 bits per heavy atom. The number of carbonyl (C=O) groups excluding carboxylic acids is 1. The summed E-state index contributed by atoms with van der Waals surface area (Å²) in [6, 6.07) is 5.86. The standard InChI is InChI=1S/C16H20N4O3S/c1-22-6-4-18-15(21)9-20-5-7-23-14-3-2-11(8-13(14)20)12-10-24-16(17)19-12/h2-3,8,10H,4-7,9H2,1H3,(H2,17,19)(H,18,21). The van der Waals surface area contributed by atoms with E-state index in [-0.39, 0.29) is 12.5 Å². The number of fused-ring (bicyclic) bond motifs is 1. The SMILES string of the molecule is COCCNC(=O)CN1CCOc2ccc(-c3csc(N)n3)cc21. The van der Waals surface area contributed by atoms with Crippen molar-refractivity contribution in [1.29, 1.82) is 0 Å². The normalized spacial score (nSPS) is 13.3. The summed E-state index contributed by atoms with van der Waals surface area (Å²) in [6.07, 6.45) is 0. The minimum absolute atomic E-state index is 0.0387. The van der Waals surface area contributed by atoms with E-state index in [0.717, 1.165) is 22.7 Å². The lowest BCUT2D eigenvalue weighted by Gasteiger charge is -2.31. The highest BCUT2D eigenvalue weighted by atomic mass is 32.1. The Morgan fingerprint density at radius 3 is 3.17 bits per heavy atom. The number of benzene rings is 1. The summed E-state index contributed by atoms with van der Waals surface area (Å²) in [5.41, 5.74) is 8.39. The van der Waals surface area contributed by atoms with Gasteiger partial charge < -0.3 is 25.4 Å². The number of ether oxygens (including phenoxy) is 2. The van der Waals surface area contributed by atoms with Crippen molar-refractivity contribution in [2.24, 2.45) is 0 Å². The summed E-state index contributed by atoms with van der Waals surface area (Å²) >= 11 is 1.41. The van der Waals surface area contributed by atoms with Gasteiger partial charge in [0.2, 0.25) is 5.91 Å². The summed E-state index contributed by atoms with van der Waals surface area (Å²) in [5.74, 6) is 0.737. The fourth-order valence-corrected chi connectivity index (χ4v) is 3.11. The molecule has 2 heterocycles. The van der Waals surface area contributed by atoms with Crippen LogP contribution in [0.4, 0.5) is 10.8 Å². The van der Waals surface area contributed by atoms with Crippen LogP contribution in [0.15, 0.2) is 23.6 Å². The zero-order valence-corrected chi connectivity index (χ0v) is 14.3. The van der Waals surface area contributed by atoms with E-state index in [2.05, 4.69) is 10.3 Å². The molecule has 7 nitrogen and oxygen atoms in total. The number of hydrogen-bond donors (Lipinski definition) is 2. The van der Waals surface area contributed by atoms with Crippen LogP contribution in [0.1, 0.15) is 0 Å². The fourth-order valence-electron chi connectivity index (χ4n) is 2.54. The molecule has 0 fully saturated rings. The van der Waals surface area contributed by atoms with E-state index in [1.54, 1.807) is 7.11 Å². The Hall–Kier alpha value is -2.32. The highest BCUT2D eigenvalue weighted by molar-refractivity contribution is 7.13. The van der Waals surface area contributed by atoms with E-state index in [1.807, 2.05) is 28.5 Å². The predicted molar refractivity (Wildman–Crippen MR) is 94.6 cm³/mol. The first-order chi connectivity index (χ1) is 11.7. The lowest BCUT2D eigenvalue weighted by molar-refractivity contribution is -0.120. The highest BCUT2D eigenvalue weighted by Crippen LogP contribution is 2.36. The van der Waals surface area contributed by atoms with Crippen molar-refractivity contribution >= 4 is 28.1 Å². The fraction of sp³-hybridized carbons (Fsp3) is 0.375. The molecule has 0 saturated carbocycles. The molecule has 0 atom stereocenters. The quantitative estimate of drug-likeness (QED) is 0.766. The molecule has 0 radical (unpaired) electrons. The van der Waals surface area contributed by atoms with E-state index in [0.29, 0.717) is 31.4 Å². The number of amides is 1. The Labute approximate surface area is 144 Å². The maximum absolute atomic E-state index is 12.1. The number of nitrogens with zero attached hydrogens (tertiary/aromatic N) is 2. The first-order valence-electron chi connectivity index (χ1n) is 7.66. The maximum atomic E-state index is 12.1. The second-order valence-corrected chi connectivity index (χ2v) is 6.26. The predicted octanol–water partition coefficient (Wildman–Crippen LogP) is 1.35. The van der Waals surface area contributed by atoms with E-state index in [4.69, 9.17) is 15.2 Å². The summed E-state index contributed by atoms with van der Waals surface area (Å²) in [5, 5.41) is 5.29. The second kappa shape index (κ2) is 7.50. The van der Waals surface area contributed by atoms with Crippen LogP contribution in [0.25, 0.3) is 11.3 Å². The molecule has 128 valence electrons. The maximum Gasteiger partial charge on any atom is 0.239 e. The molecule has 8 heteroatoms. The highest BCUT2D eigenvalue weighted by Gasteiger charge is 2.21. The number of thiazole rings is 1. The molecule has 0 saturated heterocycles. The number of anilines is 2. The van der Waals surface area contributed by atoms with Gasteiger partial charge in [0.25, 0.3) is 0 Å². The van der Waals surface area contributed by atoms with Crippen LogP contribution in [-0.2, 0) is 9.53 Å². The van der Waals surface area contributed by atoms with Gasteiger partial charge in [0, 0.05) is 24.6 Å². The van der Waals surface area contributed by atoms with Gasteiger partial charge in [-0.3, -0.25) is 4.79 Å². The van der Waals surface area contributed by atoms with Gasteiger partial charge >= 0.3 is 0 Å². The number of hydrogen-bond acceptors (Lipinski definition) is 7. The van der Waals surface area contributed by atoms with Crippen LogP contribution in [0, 0.1) is 0 Å². The second-order valence-electron chi connectivity index (χ2n) is 5.37. The number of carbonyl (C=O) groups is 1. The largest absolute Gasteiger partial charge is 0.490 e. The van der Waals surface area contributed by atoms with Crippen LogP contribution in [0.5, 0.6) is 5.75 Å². The Kier molecular flexibility index (Phi) is 5.17. The third kappa shape index (κ3) is 3.77. The molecule has 0 spiro atoms. The molecule has 1 amide bonds. The Bertz CT molecular complexity index is 719. The molecule has 2 aromatic rings. The third-order valence-electron chi connectivity index (χ3n) is 3.70. The lowest BCUT2D eigenvalue weighted by Crippen LogP contribution is -2.42. The van der Waals surface area contributed by atoms with Crippen LogP contribution >= 0.6 is 11.3 Å². The number of rotatable bonds is 6. The average Bonchev–Trinajstić information content (AvgIpc) is 3.01. The molecule has 3 rings (SSSR count). The number of nitrogens with one attached hydrogen (secondary N) is 1. The Morgan fingerprint density at radius 1 is 1.54 bits per heavy atom. The van der Waals surface area contributed by atoms with Gasteiger partial charge in [-0.05, 0) is 18.2 Å². The van der Waals surface area contributed by atoms with E-state index >= 15 is 0 Å². The van der Waals surface area contributed by atoms with Crippen molar-refractivity contribution < 1.29 is 14.3 Å². The lowest BCUT2D eigenvalue weighted by atomic mass is 10.1. The molecule has 0 aliphatic carbocycles. The number of nitrogens with two attached hydrogens (primary N) is 1. The monoisotopic (exact) mass is 348 g/mol. The van der Waals surface area contributed by atoms with Crippen molar-refractivity contribution in [2.75, 3.05) is 50.6 Å². The van der Waals surface area contributed by atoms with Gasteiger partial charge in [0.05, 0.1) is 31.1 Å². The molecule has 1 aliphatic rings. The van der Waals surface area contributed by atoms with Crippen molar-refractivity contribution in [1.82, 2.24) is 10.3 Å². The van der Waals surface area contributed by atoms with Crippen LogP contribution in [0.3, 0.4) is 0 Å². The molecule has 1 aliphatic heterocycles. The van der Waals surface area contributed by atoms with Crippen LogP contribution in [0.2, 0.25) is 0 Å². The van der Waals surface area contributed by atoms with E-state index in [1.165, 1.54) is 11.3 Å². The topological polar surface area (TPSA) is 89.7 Å². The third-order valence-corrected chi connectivity index (χ3v) is 4.37. The molecule has 0 unspecified atom stereocenters. The number of nitrogen functional groups attached to an aromatic ring is 1. The zero-order chi connectivity index (χ0) is 16.9. The van der Waals surface area contributed by atoms with Gasteiger partial charge in [-0.15, -0.1) is 11.3 Å². The first kappa shape index (κ1) is 16.5. The molecular weight excluding hydrogens is 328 g/mol. The zero-order valence-electron chi connectivity index (χ0n) is 13.4. The van der Waals surface area contributed by atoms with E-state index < -0.39 is 0 Å². The van der Waals surface area contributed by atoms with Gasteiger partial charge in [-0.1, -0.05) is 0 Å². The van der Waals surface area contributed by atoms with Crippen molar-refractivity contribution in [3.8, 4) is 17.0 Å². The van der Waals surface area contributed by atoms with Gasteiger partial charge in [0.15, 0.2) is 5.13 Å². The molecule has 0 bridgehead atoms. The summed E-state index contributed by atoms with van der Waals surface area (Å²) in [6.45, 7) is 2.50. The average molecular weight is 348 g/mol. The smallest absolute Gasteiger partial charge is 0.239 e. The molecule has 3 N–H and O–H groups in total. The number of aromatic nitrogens is 1. The summed E-state index contributed by atoms with van der Waals surface area (Å²) in [4.78, 5) is 18.4. The minimum Gasteiger partial charge on any atom is -0.490 e. The Balaban J connectivity index is 1.77. The van der Waals surface area contributed by atoms with Gasteiger partial charge in [0.1, 0.15) is 12.4 Å². The molecule has 24 heavy (non-hydrogen) atoms. The van der Waals surface area contributed by atoms with Gasteiger partial charge in [-0.25, -0.2) is 4.98 Å². The summed E-state index contributed by atoms with van der Waals surface area (Å²) in [7, 11) is 1.61. The van der Waals surface area contributed by atoms with Crippen molar-refractivity contribution in [2.45, 2.75) is 0 Å². The van der Waals surface area contributed by atoms with Gasteiger partial charge in [-0.2, -0.15) is 0 Å². The van der Waals surface area contributed by atoms with Crippen molar-refractivity contribution in [3.63, 3.8) is 0 Å². The van der Waals surface area contributed by atoms with Crippen molar-refractivity contribution in [3.05, 3.63) is 23.6 Å². The molecule has 1 aromatic heterocycles. The van der Waals surface area contributed by atoms with Crippen LogP contribution < -0.4 is 20.7 Å².